The summed E-state index contributed by atoms with van der Waals surface area (Å²) in [4.78, 5) is 2.71. The van der Waals surface area contributed by atoms with Crippen molar-refractivity contribution in [3.63, 3.8) is 0 Å². The van der Waals surface area contributed by atoms with Gasteiger partial charge in [-0.1, -0.05) is 72.8 Å². The molecular weight excluding hydrogens is 537 g/mol. The third-order valence-corrected chi connectivity index (χ3v) is 11.3. The first-order chi connectivity index (χ1) is 20.3. The monoisotopic (exact) mass is 557 g/mol. The van der Waals surface area contributed by atoms with Gasteiger partial charge in [-0.3, -0.25) is 0 Å². The van der Waals surface area contributed by atoms with Crippen molar-refractivity contribution in [1.82, 2.24) is 4.57 Å². The number of hydrogen-bond acceptors (Lipinski definition) is 3. The second-order valence-electron chi connectivity index (χ2n) is 10.8. The van der Waals surface area contributed by atoms with Crippen molar-refractivity contribution in [3.8, 4) is 27.9 Å². The number of furan rings is 1. The van der Waals surface area contributed by atoms with Crippen molar-refractivity contribution in [3.05, 3.63) is 121 Å². The standard InChI is InChI=1S/C36H20BNOS2/c1-5-13-30-22(9-1)26-19-27-23-10-2-6-14-32(23)39-33(27)20-31(26)38(30)21-17-28-24-11-3-7-15-34(24)40-37-36(28)29(18-21)25-12-4-8-16-35(25)41-37/h1-20H. The van der Waals surface area contributed by atoms with Crippen LogP contribution in [0, 0.1) is 0 Å². The average molecular weight is 558 g/mol. The molecule has 4 heterocycles. The Kier molecular flexibility index (Phi) is 4.44. The maximum atomic E-state index is 6.38. The largest absolute Gasteiger partial charge is 0.456 e. The second kappa shape index (κ2) is 8.13. The van der Waals surface area contributed by atoms with E-state index in [0.717, 1.165) is 21.9 Å². The van der Waals surface area contributed by atoms with Gasteiger partial charge in [0.15, 0.2) is 0 Å². The van der Waals surface area contributed by atoms with Crippen LogP contribution in [0.2, 0.25) is 0 Å². The zero-order valence-corrected chi connectivity index (χ0v) is 23.4. The van der Waals surface area contributed by atoms with Gasteiger partial charge in [-0.25, -0.2) is 0 Å². The van der Waals surface area contributed by atoms with Gasteiger partial charge >= 0.3 is 5.27 Å². The summed E-state index contributed by atoms with van der Waals surface area (Å²) in [6, 6.07) is 44.3. The van der Waals surface area contributed by atoms with Crippen molar-refractivity contribution >= 4 is 77.7 Å². The Morgan fingerprint density at radius 2 is 1.12 bits per heavy atom. The van der Waals surface area contributed by atoms with Gasteiger partial charge in [-0.2, -0.15) is 23.2 Å². The van der Waals surface area contributed by atoms with Gasteiger partial charge in [-0.15, -0.1) is 0 Å². The number of aromatic nitrogens is 1. The molecule has 0 aliphatic carbocycles. The fourth-order valence-electron chi connectivity index (χ4n) is 6.89. The van der Waals surface area contributed by atoms with E-state index in [0.29, 0.717) is 5.27 Å². The van der Waals surface area contributed by atoms with Crippen LogP contribution in [0.4, 0.5) is 0 Å². The first-order valence-electron chi connectivity index (χ1n) is 13.9. The lowest BCUT2D eigenvalue weighted by Crippen LogP contribution is -2.33. The molecule has 0 N–H and O–H groups in total. The van der Waals surface area contributed by atoms with Crippen LogP contribution in [0.25, 0.3) is 71.7 Å². The summed E-state index contributed by atoms with van der Waals surface area (Å²) >= 11 is 3.97. The summed E-state index contributed by atoms with van der Waals surface area (Å²) in [6.45, 7) is 0. The minimum absolute atomic E-state index is 0.340. The maximum absolute atomic E-state index is 6.38. The van der Waals surface area contributed by atoms with Gasteiger partial charge in [0.05, 0.1) is 11.0 Å². The van der Waals surface area contributed by atoms with E-state index in [-0.39, 0.29) is 0 Å². The highest BCUT2D eigenvalue weighted by molar-refractivity contribution is 8.56. The summed E-state index contributed by atoms with van der Waals surface area (Å²) < 4.78 is 8.82. The first kappa shape index (κ1) is 22.4. The molecule has 8 aromatic rings. The Morgan fingerprint density at radius 3 is 1.88 bits per heavy atom. The quantitative estimate of drug-likeness (QED) is 0.187. The van der Waals surface area contributed by atoms with Gasteiger partial charge in [0.1, 0.15) is 11.2 Å². The molecule has 0 fully saturated rings. The first-order valence-corrected chi connectivity index (χ1v) is 15.6. The fourth-order valence-corrected chi connectivity index (χ4v) is 9.83. The highest BCUT2D eigenvalue weighted by Gasteiger charge is 2.37. The van der Waals surface area contributed by atoms with E-state index in [4.69, 9.17) is 4.42 Å². The molecule has 2 nitrogen and oxygen atoms in total. The van der Waals surface area contributed by atoms with Crippen molar-refractivity contribution in [1.29, 1.82) is 0 Å². The Hall–Kier alpha value is -4.32. The number of rotatable bonds is 1. The van der Waals surface area contributed by atoms with E-state index < -0.39 is 0 Å². The summed E-state index contributed by atoms with van der Waals surface area (Å²) in [5.41, 5.74) is 12.2. The summed E-state index contributed by atoms with van der Waals surface area (Å²) in [6.07, 6.45) is 0. The Morgan fingerprint density at radius 1 is 0.488 bits per heavy atom. The molecule has 190 valence electrons. The van der Waals surface area contributed by atoms with Crippen LogP contribution in [0.1, 0.15) is 0 Å². The van der Waals surface area contributed by atoms with Crippen molar-refractivity contribution < 1.29 is 4.42 Å². The van der Waals surface area contributed by atoms with Crippen LogP contribution in [-0.2, 0) is 0 Å². The van der Waals surface area contributed by atoms with Crippen LogP contribution in [0.15, 0.2) is 136 Å². The average Bonchev–Trinajstić information content (AvgIpc) is 3.54. The lowest BCUT2D eigenvalue weighted by atomic mass is 9.77. The molecule has 0 amide bonds. The number of fused-ring (bicyclic) bond motifs is 10. The van der Waals surface area contributed by atoms with E-state index in [1.54, 1.807) is 0 Å². The molecule has 10 rings (SSSR count). The van der Waals surface area contributed by atoms with Crippen molar-refractivity contribution in [2.24, 2.45) is 0 Å². The minimum atomic E-state index is 0.340. The molecule has 0 radical (unpaired) electrons. The summed E-state index contributed by atoms with van der Waals surface area (Å²) in [5, 5.41) is 5.17. The fraction of sp³-hybridized carbons (Fsp3) is 0. The molecule has 41 heavy (non-hydrogen) atoms. The minimum Gasteiger partial charge on any atom is -0.456 e. The molecule has 2 aliphatic heterocycles. The molecule has 2 aromatic heterocycles. The Labute approximate surface area is 244 Å². The molecule has 0 saturated carbocycles. The third-order valence-electron chi connectivity index (χ3n) is 8.65. The van der Waals surface area contributed by atoms with Gasteiger partial charge in [0.25, 0.3) is 0 Å². The van der Waals surface area contributed by atoms with Crippen molar-refractivity contribution in [2.45, 2.75) is 9.79 Å². The van der Waals surface area contributed by atoms with E-state index in [9.17, 15) is 0 Å². The van der Waals surface area contributed by atoms with Crippen LogP contribution in [-0.4, -0.2) is 9.84 Å². The smallest absolute Gasteiger partial charge is 0.318 e. The normalized spacial score (nSPS) is 13.6. The molecule has 2 aliphatic rings. The Bertz CT molecular complexity index is 2330. The molecule has 0 unspecified atom stereocenters. The summed E-state index contributed by atoms with van der Waals surface area (Å²) in [7, 11) is 0. The number of hydrogen-bond donors (Lipinski definition) is 0. The van der Waals surface area contributed by atoms with Gasteiger partial charge in [0, 0.05) is 43.1 Å². The summed E-state index contributed by atoms with van der Waals surface area (Å²) in [5.74, 6) is 0. The van der Waals surface area contributed by atoms with Gasteiger partial charge < -0.3 is 8.98 Å². The van der Waals surface area contributed by atoms with E-state index in [1.807, 2.05) is 29.3 Å². The molecule has 0 spiro atoms. The Balaban J connectivity index is 1.35. The van der Waals surface area contributed by atoms with E-state index in [2.05, 4.69) is 120 Å². The number of nitrogens with zero attached hydrogens (tertiary/aromatic N) is 1. The lowest BCUT2D eigenvalue weighted by Gasteiger charge is -2.32. The molecular formula is C36H20BNOS2. The van der Waals surface area contributed by atoms with E-state index in [1.165, 1.54) is 65.0 Å². The molecule has 0 saturated heterocycles. The van der Waals surface area contributed by atoms with Crippen LogP contribution < -0.4 is 5.46 Å². The predicted octanol–water partition coefficient (Wildman–Crippen LogP) is 9.92. The highest BCUT2D eigenvalue weighted by Crippen LogP contribution is 2.50. The lowest BCUT2D eigenvalue weighted by molar-refractivity contribution is 0.669. The molecule has 0 atom stereocenters. The van der Waals surface area contributed by atoms with Crippen molar-refractivity contribution in [2.75, 3.05) is 0 Å². The zero-order chi connectivity index (χ0) is 26.7. The van der Waals surface area contributed by atoms with Crippen LogP contribution >= 0.6 is 23.2 Å². The third kappa shape index (κ3) is 3.03. The number of para-hydroxylation sites is 2. The molecule has 6 aromatic carbocycles. The zero-order valence-electron chi connectivity index (χ0n) is 21.8. The number of benzene rings is 6. The SMILES string of the molecule is c1ccc2c(c1)SB1Sc3ccccc3-c3cc(-n4c5ccccc5c5cc6c(cc54)oc4ccccc46)cc-2c31. The van der Waals surface area contributed by atoms with E-state index >= 15 is 0 Å². The molecule has 0 bridgehead atoms. The highest BCUT2D eigenvalue weighted by atomic mass is 32.2. The maximum Gasteiger partial charge on any atom is 0.318 e. The van der Waals surface area contributed by atoms with Gasteiger partial charge in [-0.05, 0) is 70.2 Å². The van der Waals surface area contributed by atoms with Gasteiger partial charge in [0.2, 0.25) is 0 Å². The topological polar surface area (TPSA) is 18.1 Å². The second-order valence-corrected chi connectivity index (χ2v) is 13.4. The molecule has 5 heteroatoms. The van der Waals surface area contributed by atoms with Crippen LogP contribution in [0.3, 0.4) is 0 Å². The predicted molar refractivity (Wildman–Crippen MR) is 176 cm³/mol. The van der Waals surface area contributed by atoms with Crippen LogP contribution in [0.5, 0.6) is 0 Å².